The second-order valence-corrected chi connectivity index (χ2v) is 7.04. The molecule has 5 heteroatoms. The van der Waals surface area contributed by atoms with Gasteiger partial charge in [-0.1, -0.05) is 30.3 Å². The van der Waals surface area contributed by atoms with Crippen LogP contribution < -0.4 is 9.64 Å². The highest BCUT2D eigenvalue weighted by Crippen LogP contribution is 2.36. The first-order chi connectivity index (χ1) is 13.3. The van der Waals surface area contributed by atoms with Crippen molar-refractivity contribution in [2.24, 2.45) is 0 Å². The molecule has 2 aromatic rings. The molecule has 2 aromatic carbocycles. The van der Waals surface area contributed by atoms with Crippen molar-refractivity contribution in [1.82, 2.24) is 4.90 Å². The number of para-hydroxylation sites is 1. The van der Waals surface area contributed by atoms with E-state index < -0.39 is 0 Å². The first kappa shape index (κ1) is 18.0. The summed E-state index contributed by atoms with van der Waals surface area (Å²) < 4.78 is 10.9. The molecule has 5 nitrogen and oxygen atoms in total. The van der Waals surface area contributed by atoms with E-state index in [-0.39, 0.29) is 5.91 Å². The lowest BCUT2D eigenvalue weighted by Crippen LogP contribution is -2.44. The van der Waals surface area contributed by atoms with E-state index in [1.807, 2.05) is 23.1 Å². The van der Waals surface area contributed by atoms with Crippen molar-refractivity contribution in [3.8, 4) is 16.9 Å². The predicted octanol–water partition coefficient (Wildman–Crippen LogP) is 2.97. The van der Waals surface area contributed by atoms with Crippen molar-refractivity contribution in [1.29, 1.82) is 0 Å². The van der Waals surface area contributed by atoms with Gasteiger partial charge in [-0.3, -0.25) is 9.69 Å². The molecule has 4 rings (SSSR count). The summed E-state index contributed by atoms with van der Waals surface area (Å²) in [6.45, 7) is 5.05. The van der Waals surface area contributed by atoms with Gasteiger partial charge in [0.05, 0.1) is 20.3 Å². The average molecular weight is 366 g/mol. The maximum Gasteiger partial charge on any atom is 0.227 e. The van der Waals surface area contributed by atoms with Gasteiger partial charge in [0.15, 0.2) is 0 Å². The number of anilines is 1. The van der Waals surface area contributed by atoms with Gasteiger partial charge in [-0.15, -0.1) is 0 Å². The van der Waals surface area contributed by atoms with Gasteiger partial charge in [0.25, 0.3) is 0 Å². The first-order valence-electron chi connectivity index (χ1n) is 9.63. The molecule has 1 saturated heterocycles. The second kappa shape index (κ2) is 8.11. The number of carbonyl (C=O) groups is 1. The summed E-state index contributed by atoms with van der Waals surface area (Å²) in [6.07, 6.45) is 1.40. The lowest BCUT2D eigenvalue weighted by atomic mass is 9.96. The monoisotopic (exact) mass is 366 g/mol. The highest BCUT2D eigenvalue weighted by atomic mass is 16.5. The number of rotatable bonds is 5. The maximum atomic E-state index is 12.7. The fourth-order valence-corrected chi connectivity index (χ4v) is 3.90. The van der Waals surface area contributed by atoms with Crippen molar-refractivity contribution in [2.45, 2.75) is 12.8 Å². The van der Waals surface area contributed by atoms with Crippen LogP contribution in [-0.4, -0.2) is 57.3 Å². The fraction of sp³-hybridized carbons (Fsp3) is 0.409. The summed E-state index contributed by atoms with van der Waals surface area (Å²) in [4.78, 5) is 17.0. The number of methoxy groups -OCH3 is 1. The van der Waals surface area contributed by atoms with Crippen LogP contribution in [0, 0.1) is 0 Å². The van der Waals surface area contributed by atoms with E-state index >= 15 is 0 Å². The van der Waals surface area contributed by atoms with Crippen molar-refractivity contribution in [2.75, 3.05) is 51.4 Å². The number of morpholine rings is 1. The van der Waals surface area contributed by atoms with Crippen molar-refractivity contribution in [3.05, 3.63) is 48.0 Å². The molecule has 0 saturated carbocycles. The molecule has 0 N–H and O–H groups in total. The molecule has 0 atom stereocenters. The molecule has 2 aliphatic heterocycles. The minimum Gasteiger partial charge on any atom is -0.496 e. The van der Waals surface area contributed by atoms with E-state index in [9.17, 15) is 4.79 Å². The van der Waals surface area contributed by atoms with E-state index in [0.717, 1.165) is 68.4 Å². The molecule has 0 bridgehead atoms. The van der Waals surface area contributed by atoms with E-state index in [1.54, 1.807) is 7.11 Å². The first-order valence-corrected chi connectivity index (χ1v) is 9.63. The highest BCUT2D eigenvalue weighted by molar-refractivity contribution is 5.97. The van der Waals surface area contributed by atoms with Crippen LogP contribution in [0.2, 0.25) is 0 Å². The molecule has 27 heavy (non-hydrogen) atoms. The third-order valence-corrected chi connectivity index (χ3v) is 5.45. The summed E-state index contributed by atoms with van der Waals surface area (Å²) in [6, 6.07) is 14.4. The fourth-order valence-electron chi connectivity index (χ4n) is 3.90. The Labute approximate surface area is 160 Å². The Kier molecular flexibility index (Phi) is 5.41. The molecule has 2 heterocycles. The molecule has 1 fully saturated rings. The summed E-state index contributed by atoms with van der Waals surface area (Å²) >= 11 is 0. The molecule has 0 aromatic heterocycles. The Hall–Kier alpha value is -2.37. The Bertz CT molecular complexity index is 815. The topological polar surface area (TPSA) is 42.0 Å². The Morgan fingerprint density at radius 1 is 1.04 bits per heavy atom. The van der Waals surface area contributed by atoms with Crippen LogP contribution in [-0.2, 0) is 16.0 Å². The van der Waals surface area contributed by atoms with Gasteiger partial charge in [-0.25, -0.2) is 0 Å². The number of benzene rings is 2. The van der Waals surface area contributed by atoms with Crippen molar-refractivity contribution >= 4 is 11.6 Å². The lowest BCUT2D eigenvalue weighted by molar-refractivity contribution is -0.119. The van der Waals surface area contributed by atoms with Crippen molar-refractivity contribution < 1.29 is 14.3 Å². The molecule has 0 spiro atoms. The Morgan fingerprint density at radius 2 is 1.85 bits per heavy atom. The van der Waals surface area contributed by atoms with Gasteiger partial charge in [-0.2, -0.15) is 0 Å². The molecule has 0 aliphatic carbocycles. The SMILES string of the molecule is COc1ccccc1-c1ccc2c(c1)N(CCN1CCOCC1)C(=O)CC2. The zero-order valence-electron chi connectivity index (χ0n) is 15.8. The normalized spacial score (nSPS) is 17.7. The molecule has 0 unspecified atom stereocenters. The van der Waals surface area contributed by atoms with Crippen LogP contribution in [0.25, 0.3) is 11.1 Å². The minimum absolute atomic E-state index is 0.216. The second-order valence-electron chi connectivity index (χ2n) is 7.04. The van der Waals surface area contributed by atoms with E-state index in [4.69, 9.17) is 9.47 Å². The smallest absolute Gasteiger partial charge is 0.227 e. The van der Waals surface area contributed by atoms with Crippen molar-refractivity contribution in [3.63, 3.8) is 0 Å². The number of nitrogens with zero attached hydrogens (tertiary/aromatic N) is 2. The third-order valence-electron chi connectivity index (χ3n) is 5.45. The predicted molar refractivity (Wildman–Crippen MR) is 106 cm³/mol. The maximum absolute atomic E-state index is 12.7. The van der Waals surface area contributed by atoms with Crippen LogP contribution >= 0.6 is 0 Å². The highest BCUT2D eigenvalue weighted by Gasteiger charge is 2.25. The lowest BCUT2D eigenvalue weighted by Gasteiger charge is -2.33. The summed E-state index contributed by atoms with van der Waals surface area (Å²) in [5.74, 6) is 1.06. The minimum atomic E-state index is 0.216. The van der Waals surface area contributed by atoms with Crippen LogP contribution in [0.15, 0.2) is 42.5 Å². The molecular weight excluding hydrogens is 340 g/mol. The van der Waals surface area contributed by atoms with Gasteiger partial charge in [0, 0.05) is 43.9 Å². The van der Waals surface area contributed by atoms with E-state index in [0.29, 0.717) is 6.42 Å². The van der Waals surface area contributed by atoms with Gasteiger partial charge in [0.1, 0.15) is 5.75 Å². The average Bonchev–Trinajstić information content (AvgIpc) is 2.73. The van der Waals surface area contributed by atoms with Crippen LogP contribution in [0.1, 0.15) is 12.0 Å². The standard InChI is InChI=1S/C22H26N2O3/c1-26-21-5-3-2-4-19(21)18-7-6-17-8-9-22(25)24(20(17)16-18)11-10-23-12-14-27-15-13-23/h2-7,16H,8-15H2,1H3. The van der Waals surface area contributed by atoms with Gasteiger partial charge >= 0.3 is 0 Å². The third kappa shape index (κ3) is 3.84. The number of carbonyl (C=O) groups excluding carboxylic acids is 1. The number of aryl methyl sites for hydroxylation is 1. The molecule has 0 radical (unpaired) electrons. The number of hydrogen-bond donors (Lipinski definition) is 0. The number of amides is 1. The van der Waals surface area contributed by atoms with Crippen LogP contribution in [0.5, 0.6) is 5.75 Å². The molecule has 2 aliphatic rings. The van der Waals surface area contributed by atoms with Gasteiger partial charge < -0.3 is 14.4 Å². The van der Waals surface area contributed by atoms with E-state index in [1.165, 1.54) is 5.56 Å². The van der Waals surface area contributed by atoms with Gasteiger partial charge in [-0.05, 0) is 29.7 Å². The van der Waals surface area contributed by atoms with E-state index in [2.05, 4.69) is 29.2 Å². The number of hydrogen-bond acceptors (Lipinski definition) is 4. The quantitative estimate of drug-likeness (QED) is 0.816. The van der Waals surface area contributed by atoms with Gasteiger partial charge in [0.2, 0.25) is 5.91 Å². The number of fused-ring (bicyclic) bond motifs is 1. The Morgan fingerprint density at radius 3 is 2.67 bits per heavy atom. The summed E-state index contributed by atoms with van der Waals surface area (Å²) in [5.41, 5.74) is 4.42. The largest absolute Gasteiger partial charge is 0.496 e. The zero-order chi connectivity index (χ0) is 18.6. The molecule has 142 valence electrons. The Balaban J connectivity index is 1.61. The zero-order valence-corrected chi connectivity index (χ0v) is 15.8. The van der Waals surface area contributed by atoms with Crippen LogP contribution in [0.4, 0.5) is 5.69 Å². The summed E-state index contributed by atoms with van der Waals surface area (Å²) in [7, 11) is 1.69. The van der Waals surface area contributed by atoms with Crippen LogP contribution in [0.3, 0.4) is 0 Å². The number of ether oxygens (including phenoxy) is 2. The molecule has 1 amide bonds. The summed E-state index contributed by atoms with van der Waals surface area (Å²) in [5, 5.41) is 0. The molecular formula is C22H26N2O3.